The fraction of sp³-hybridized carbons (Fsp3) is 0.688. The van der Waals surface area contributed by atoms with E-state index in [1.165, 1.54) is 0 Å². The summed E-state index contributed by atoms with van der Waals surface area (Å²) in [5.74, 6) is 1.69. The molecule has 1 N–H and O–H groups in total. The summed E-state index contributed by atoms with van der Waals surface area (Å²) >= 11 is 0. The number of halogens is 1. The van der Waals surface area contributed by atoms with E-state index in [1.807, 2.05) is 0 Å². The lowest BCUT2D eigenvalue weighted by atomic mass is 9.99. The van der Waals surface area contributed by atoms with Crippen LogP contribution in [-0.4, -0.2) is 24.6 Å². The Hall–Kier alpha value is -1.16. The molecule has 0 aliphatic carbocycles. The maximum absolute atomic E-state index is 14.5. The van der Waals surface area contributed by atoms with E-state index in [0.29, 0.717) is 23.8 Å². The van der Waals surface area contributed by atoms with E-state index in [9.17, 15) is 4.39 Å². The Labute approximate surface area is 121 Å². The van der Waals surface area contributed by atoms with E-state index in [1.54, 1.807) is 12.3 Å². The predicted molar refractivity (Wildman–Crippen MR) is 81.4 cm³/mol. The molecule has 0 spiro atoms. The zero-order valence-electron chi connectivity index (χ0n) is 12.8. The van der Waals surface area contributed by atoms with Gasteiger partial charge >= 0.3 is 0 Å². The lowest BCUT2D eigenvalue weighted by Crippen LogP contribution is -2.34. The van der Waals surface area contributed by atoms with Crippen molar-refractivity contribution in [2.75, 3.05) is 24.5 Å². The highest BCUT2D eigenvalue weighted by Crippen LogP contribution is 2.25. The third-order valence-electron chi connectivity index (χ3n) is 3.90. The van der Waals surface area contributed by atoms with Gasteiger partial charge in [-0.25, -0.2) is 9.37 Å². The van der Waals surface area contributed by atoms with E-state index < -0.39 is 0 Å². The number of pyridine rings is 1. The van der Waals surface area contributed by atoms with Crippen molar-refractivity contribution >= 4 is 5.82 Å². The van der Waals surface area contributed by atoms with Crippen LogP contribution < -0.4 is 10.2 Å². The van der Waals surface area contributed by atoms with Crippen LogP contribution in [0, 0.1) is 17.7 Å². The highest BCUT2D eigenvalue weighted by atomic mass is 19.1. The Kier molecular flexibility index (Phi) is 5.35. The first kappa shape index (κ1) is 15.2. The minimum atomic E-state index is -0.154. The molecule has 0 aromatic carbocycles. The molecule has 0 amide bonds. The summed E-state index contributed by atoms with van der Waals surface area (Å²) in [6.07, 6.45) is 3.97. The molecule has 0 saturated carbocycles. The lowest BCUT2D eigenvalue weighted by molar-refractivity contribution is 0.431. The number of rotatable bonds is 5. The van der Waals surface area contributed by atoms with Crippen LogP contribution in [-0.2, 0) is 6.54 Å². The molecular weight excluding hydrogens is 253 g/mol. The van der Waals surface area contributed by atoms with Crippen LogP contribution in [0.1, 0.15) is 39.2 Å². The molecule has 20 heavy (non-hydrogen) atoms. The minimum Gasteiger partial charge on any atom is -0.354 e. The van der Waals surface area contributed by atoms with Crippen LogP contribution in [0.4, 0.5) is 10.2 Å². The molecule has 1 saturated heterocycles. The number of hydrogen-bond acceptors (Lipinski definition) is 3. The zero-order valence-corrected chi connectivity index (χ0v) is 12.8. The number of nitrogens with one attached hydrogen (secondary N) is 1. The van der Waals surface area contributed by atoms with Gasteiger partial charge in [-0.1, -0.05) is 20.8 Å². The number of piperidine rings is 1. The number of aromatic nitrogens is 1. The molecule has 1 fully saturated rings. The molecule has 1 aliphatic heterocycles. The smallest absolute Gasteiger partial charge is 0.170 e. The summed E-state index contributed by atoms with van der Waals surface area (Å²) in [4.78, 5) is 6.34. The Balaban J connectivity index is 2.03. The molecule has 3 nitrogen and oxygen atoms in total. The summed E-state index contributed by atoms with van der Waals surface area (Å²) < 4.78 is 14.5. The molecule has 4 heteroatoms. The molecule has 0 atom stereocenters. The van der Waals surface area contributed by atoms with Crippen LogP contribution >= 0.6 is 0 Å². The second kappa shape index (κ2) is 7.02. The summed E-state index contributed by atoms with van der Waals surface area (Å²) in [5, 5.41) is 3.29. The Morgan fingerprint density at radius 3 is 2.75 bits per heavy atom. The Morgan fingerprint density at radius 1 is 1.40 bits per heavy atom. The first-order valence-electron chi connectivity index (χ1n) is 7.67. The molecule has 1 aliphatic rings. The molecule has 2 heterocycles. The highest BCUT2D eigenvalue weighted by molar-refractivity contribution is 5.43. The molecule has 0 unspecified atom stereocenters. The van der Waals surface area contributed by atoms with Gasteiger partial charge in [0.1, 0.15) is 0 Å². The number of anilines is 1. The molecule has 0 bridgehead atoms. The fourth-order valence-electron chi connectivity index (χ4n) is 2.54. The standard InChI is InChI=1S/C16H26FN3/c1-12(2)10-18-11-14-4-7-19-16(15(14)17)20-8-5-13(3)6-9-20/h4,7,12-13,18H,5-6,8-11H2,1-3H3. The van der Waals surface area contributed by atoms with Crippen molar-refractivity contribution in [3.63, 3.8) is 0 Å². The van der Waals surface area contributed by atoms with Crippen molar-refractivity contribution < 1.29 is 4.39 Å². The van der Waals surface area contributed by atoms with Gasteiger partial charge in [0.25, 0.3) is 0 Å². The van der Waals surface area contributed by atoms with Crippen molar-refractivity contribution in [2.45, 2.75) is 40.2 Å². The Morgan fingerprint density at radius 2 is 2.10 bits per heavy atom. The van der Waals surface area contributed by atoms with Gasteiger partial charge in [-0.3, -0.25) is 0 Å². The third-order valence-corrected chi connectivity index (χ3v) is 3.90. The second-order valence-electron chi connectivity index (χ2n) is 6.30. The summed E-state index contributed by atoms with van der Waals surface area (Å²) in [6, 6.07) is 1.78. The van der Waals surface area contributed by atoms with Gasteiger partial charge in [0.05, 0.1) is 0 Å². The molecule has 0 radical (unpaired) electrons. The van der Waals surface area contributed by atoms with E-state index in [0.717, 1.165) is 38.4 Å². The van der Waals surface area contributed by atoms with Gasteiger partial charge in [0.15, 0.2) is 11.6 Å². The average Bonchev–Trinajstić information content (AvgIpc) is 2.41. The third kappa shape index (κ3) is 3.92. The van der Waals surface area contributed by atoms with Crippen LogP contribution in [0.2, 0.25) is 0 Å². The first-order chi connectivity index (χ1) is 9.58. The fourth-order valence-corrected chi connectivity index (χ4v) is 2.54. The lowest BCUT2D eigenvalue weighted by Gasteiger charge is -2.31. The van der Waals surface area contributed by atoms with Crippen molar-refractivity contribution in [1.82, 2.24) is 10.3 Å². The molecule has 1 aromatic rings. The normalized spacial score (nSPS) is 16.9. The summed E-state index contributed by atoms with van der Waals surface area (Å²) in [5.41, 5.74) is 0.717. The summed E-state index contributed by atoms with van der Waals surface area (Å²) in [6.45, 7) is 9.85. The van der Waals surface area contributed by atoms with Gasteiger partial charge in [-0.05, 0) is 37.3 Å². The zero-order chi connectivity index (χ0) is 14.5. The van der Waals surface area contributed by atoms with Crippen LogP contribution in [0.25, 0.3) is 0 Å². The summed E-state index contributed by atoms with van der Waals surface area (Å²) in [7, 11) is 0. The quantitative estimate of drug-likeness (QED) is 0.897. The first-order valence-corrected chi connectivity index (χ1v) is 7.67. The van der Waals surface area contributed by atoms with E-state index in [2.05, 4.69) is 36.0 Å². The molecular formula is C16H26FN3. The van der Waals surface area contributed by atoms with Crippen molar-refractivity contribution in [2.24, 2.45) is 11.8 Å². The van der Waals surface area contributed by atoms with Gasteiger partial charge in [-0.2, -0.15) is 0 Å². The van der Waals surface area contributed by atoms with Crippen LogP contribution in [0.15, 0.2) is 12.3 Å². The Bertz CT molecular complexity index is 426. The van der Waals surface area contributed by atoms with E-state index in [4.69, 9.17) is 0 Å². The van der Waals surface area contributed by atoms with Gasteiger partial charge in [-0.15, -0.1) is 0 Å². The molecule has 1 aromatic heterocycles. The maximum Gasteiger partial charge on any atom is 0.170 e. The molecule has 2 rings (SSSR count). The number of nitrogens with zero attached hydrogens (tertiary/aromatic N) is 2. The highest BCUT2D eigenvalue weighted by Gasteiger charge is 2.21. The van der Waals surface area contributed by atoms with E-state index >= 15 is 0 Å². The second-order valence-corrected chi connectivity index (χ2v) is 6.30. The monoisotopic (exact) mass is 279 g/mol. The minimum absolute atomic E-state index is 0.154. The van der Waals surface area contributed by atoms with Crippen LogP contribution in [0.5, 0.6) is 0 Å². The topological polar surface area (TPSA) is 28.2 Å². The SMILES string of the molecule is CC(C)CNCc1ccnc(N2CCC(C)CC2)c1F. The van der Waals surface area contributed by atoms with E-state index in [-0.39, 0.29) is 5.82 Å². The van der Waals surface area contributed by atoms with Gasteiger partial charge in [0.2, 0.25) is 0 Å². The van der Waals surface area contributed by atoms with Gasteiger partial charge < -0.3 is 10.2 Å². The largest absolute Gasteiger partial charge is 0.354 e. The van der Waals surface area contributed by atoms with Crippen molar-refractivity contribution in [3.8, 4) is 0 Å². The predicted octanol–water partition coefficient (Wildman–Crippen LogP) is 3.20. The molecule has 112 valence electrons. The van der Waals surface area contributed by atoms with Gasteiger partial charge in [0, 0.05) is 31.4 Å². The average molecular weight is 279 g/mol. The number of hydrogen-bond donors (Lipinski definition) is 1. The maximum atomic E-state index is 14.5. The van der Waals surface area contributed by atoms with Crippen molar-refractivity contribution in [1.29, 1.82) is 0 Å². The van der Waals surface area contributed by atoms with Crippen molar-refractivity contribution in [3.05, 3.63) is 23.6 Å². The van der Waals surface area contributed by atoms with Crippen LogP contribution in [0.3, 0.4) is 0 Å².